The van der Waals surface area contributed by atoms with Crippen LogP contribution in [0.15, 0.2) is 11.1 Å². The SMILES string of the molecule is CC(C)C1=C2[C@H]3CC[C@@H]4[C@@]5(C)CC[C@H](OC(=O)CC(C)(C)C(=O)O)C(C)(C)[C@@H]5CC[C@@]4(C)[C@]3(C)CC[C@@]2([C@H](O)CNC2CCC(O)CC2)CC1=O. The highest BCUT2D eigenvalue weighted by molar-refractivity contribution is 6.00. The number of aliphatic hydroxyl groups excluding tert-OH is 2. The van der Waals surface area contributed by atoms with E-state index < -0.39 is 28.9 Å². The van der Waals surface area contributed by atoms with Gasteiger partial charge in [-0.2, -0.15) is 0 Å². The van der Waals surface area contributed by atoms with Crippen molar-refractivity contribution in [2.45, 2.75) is 177 Å². The van der Waals surface area contributed by atoms with Gasteiger partial charge in [-0.15, -0.1) is 0 Å². The average Bonchev–Trinajstić information content (AvgIpc) is 3.35. The van der Waals surface area contributed by atoms with Crippen LogP contribution in [-0.4, -0.2) is 63.9 Å². The number of ketones is 1. The Morgan fingerprint density at radius 3 is 2.18 bits per heavy atom. The smallest absolute Gasteiger partial charge is 0.309 e. The summed E-state index contributed by atoms with van der Waals surface area (Å²) in [6, 6.07) is 0.298. The van der Waals surface area contributed by atoms with Gasteiger partial charge in [0.25, 0.3) is 0 Å². The normalized spacial score (nSPS) is 42.8. The van der Waals surface area contributed by atoms with E-state index in [1.807, 2.05) is 0 Å². The summed E-state index contributed by atoms with van der Waals surface area (Å²) >= 11 is 0. The van der Waals surface area contributed by atoms with Crippen LogP contribution in [-0.2, 0) is 19.1 Å². The van der Waals surface area contributed by atoms with Gasteiger partial charge < -0.3 is 25.4 Å². The second-order valence-electron chi connectivity index (χ2n) is 20.5. The molecule has 6 aliphatic rings. The minimum Gasteiger partial charge on any atom is -0.481 e. The Hall–Kier alpha value is -1.77. The zero-order chi connectivity index (χ0) is 37.5. The minimum absolute atomic E-state index is 0.00395. The van der Waals surface area contributed by atoms with E-state index in [1.165, 1.54) is 5.57 Å². The second kappa shape index (κ2) is 13.2. The second-order valence-corrected chi connectivity index (χ2v) is 20.5. The Morgan fingerprint density at radius 1 is 0.882 bits per heavy atom. The van der Waals surface area contributed by atoms with Crippen molar-refractivity contribution in [3.63, 3.8) is 0 Å². The summed E-state index contributed by atoms with van der Waals surface area (Å²) in [5.41, 5.74) is 0.519. The van der Waals surface area contributed by atoms with Gasteiger partial charge in [-0.05, 0) is 136 Å². The first-order valence-electron chi connectivity index (χ1n) is 20.4. The largest absolute Gasteiger partial charge is 0.481 e. The van der Waals surface area contributed by atoms with Gasteiger partial charge in [-0.25, -0.2) is 0 Å². The number of Topliss-reactive ketones (excluding diaryl/α,β-unsaturated/α-hetero) is 1. The van der Waals surface area contributed by atoms with Gasteiger partial charge in [0, 0.05) is 29.8 Å². The highest BCUT2D eigenvalue weighted by Crippen LogP contribution is 2.77. The van der Waals surface area contributed by atoms with Crippen LogP contribution in [0.25, 0.3) is 0 Å². The number of carbonyl (C=O) groups is 3. The lowest BCUT2D eigenvalue weighted by molar-refractivity contribution is -0.235. The number of aliphatic carboxylic acids is 1. The van der Waals surface area contributed by atoms with Crippen molar-refractivity contribution in [2.75, 3.05) is 6.54 Å². The molecule has 0 radical (unpaired) electrons. The lowest BCUT2D eigenvalue weighted by atomic mass is 9.33. The molecule has 0 unspecified atom stereocenters. The van der Waals surface area contributed by atoms with Gasteiger partial charge in [-0.3, -0.25) is 14.4 Å². The van der Waals surface area contributed by atoms with Crippen LogP contribution in [0.5, 0.6) is 0 Å². The summed E-state index contributed by atoms with van der Waals surface area (Å²) in [7, 11) is 0. The molecule has 9 atom stereocenters. The molecule has 0 heterocycles. The third-order valence-electron chi connectivity index (χ3n) is 16.8. The van der Waals surface area contributed by atoms with E-state index in [2.05, 4.69) is 53.8 Å². The number of nitrogens with one attached hydrogen (secondary N) is 1. The molecule has 8 heteroatoms. The molecule has 8 nitrogen and oxygen atoms in total. The fourth-order valence-electron chi connectivity index (χ4n) is 13.7. The maximum atomic E-state index is 14.0. The van der Waals surface area contributed by atoms with Gasteiger partial charge in [0.05, 0.1) is 24.0 Å². The number of allylic oxidation sites excluding steroid dienone is 1. The van der Waals surface area contributed by atoms with E-state index in [9.17, 15) is 29.7 Å². The van der Waals surface area contributed by atoms with Gasteiger partial charge in [0.2, 0.25) is 0 Å². The fraction of sp³-hybridized carbons (Fsp3) is 0.884. The monoisotopic (exact) mass is 712 g/mol. The summed E-state index contributed by atoms with van der Waals surface area (Å²) in [4.78, 5) is 38.8. The number of carboxylic acid groups (broad SMARTS) is 1. The van der Waals surface area contributed by atoms with Crippen LogP contribution < -0.4 is 5.32 Å². The molecule has 6 rings (SSSR count). The van der Waals surface area contributed by atoms with E-state index in [-0.39, 0.29) is 57.9 Å². The number of esters is 1. The van der Waals surface area contributed by atoms with E-state index in [0.717, 1.165) is 82.6 Å². The third kappa shape index (κ3) is 6.08. The molecule has 51 heavy (non-hydrogen) atoms. The topological polar surface area (TPSA) is 133 Å². The van der Waals surface area contributed by atoms with E-state index in [4.69, 9.17) is 4.74 Å². The zero-order valence-corrected chi connectivity index (χ0v) is 33.2. The molecule has 0 spiro atoms. The van der Waals surface area contributed by atoms with Gasteiger partial charge in [-0.1, -0.05) is 54.0 Å². The number of hydrogen-bond donors (Lipinski definition) is 4. The summed E-state index contributed by atoms with van der Waals surface area (Å²) in [5.74, 6) is 0.0855. The van der Waals surface area contributed by atoms with Crippen LogP contribution in [0.2, 0.25) is 0 Å². The zero-order valence-electron chi connectivity index (χ0n) is 33.2. The molecule has 0 aliphatic heterocycles. The standard InChI is InChI=1S/C43H69NO7/c1-25(2)35-29(46)22-43(32(47)24-44-26-10-12-27(45)13-11-26)21-20-41(8)28(36(35)43)14-15-31-40(7)18-17-33(51-34(48)23-38(3,4)37(49)50)39(5,6)30(40)16-19-42(31,41)9/h25-28,30-33,44-45,47H,10-24H2,1-9H3,(H,49,50)/t26?,27?,28-,30+,31-,32-,33+,40+,41-,42-,43+/m1/s1. The third-order valence-corrected chi connectivity index (χ3v) is 16.8. The molecule has 6 aliphatic carbocycles. The van der Waals surface area contributed by atoms with E-state index >= 15 is 0 Å². The summed E-state index contributed by atoms with van der Waals surface area (Å²) < 4.78 is 6.16. The lowest BCUT2D eigenvalue weighted by Crippen LogP contribution is -2.66. The predicted octanol–water partition coefficient (Wildman–Crippen LogP) is 7.63. The number of ether oxygens (including phenoxy) is 1. The van der Waals surface area contributed by atoms with Crippen LogP contribution in [0.1, 0.15) is 152 Å². The van der Waals surface area contributed by atoms with Crippen molar-refractivity contribution < 1.29 is 34.4 Å². The summed E-state index contributed by atoms with van der Waals surface area (Å²) in [6.45, 7) is 20.1. The summed E-state index contributed by atoms with van der Waals surface area (Å²) in [5, 5.41) is 35.5. The molecule has 5 saturated carbocycles. The molecule has 0 saturated heterocycles. The summed E-state index contributed by atoms with van der Waals surface area (Å²) in [6.07, 6.45) is 10.5. The van der Waals surface area contributed by atoms with E-state index in [1.54, 1.807) is 13.8 Å². The number of hydrogen-bond acceptors (Lipinski definition) is 7. The number of aliphatic hydroxyl groups is 2. The average molecular weight is 712 g/mol. The number of fused-ring (bicyclic) bond motifs is 7. The Bertz CT molecular complexity index is 1420. The first kappa shape index (κ1) is 38.9. The molecular formula is C43H69NO7. The first-order valence-corrected chi connectivity index (χ1v) is 20.4. The minimum atomic E-state index is -1.16. The first-order chi connectivity index (χ1) is 23.6. The maximum absolute atomic E-state index is 14.0. The number of carboxylic acids is 1. The van der Waals surface area contributed by atoms with Crippen molar-refractivity contribution in [2.24, 2.45) is 56.2 Å². The molecule has 5 fully saturated rings. The lowest BCUT2D eigenvalue weighted by Gasteiger charge is -2.72. The highest BCUT2D eigenvalue weighted by Gasteiger charge is 2.70. The molecule has 0 amide bonds. The Labute approximate surface area is 307 Å². The van der Waals surface area contributed by atoms with Gasteiger partial charge >= 0.3 is 11.9 Å². The molecule has 288 valence electrons. The maximum Gasteiger partial charge on any atom is 0.309 e. The van der Waals surface area contributed by atoms with E-state index in [0.29, 0.717) is 30.8 Å². The predicted molar refractivity (Wildman–Crippen MR) is 198 cm³/mol. The number of carbonyl (C=O) groups excluding carboxylic acids is 2. The van der Waals surface area contributed by atoms with Crippen LogP contribution in [0.4, 0.5) is 0 Å². The van der Waals surface area contributed by atoms with Crippen molar-refractivity contribution in [3.8, 4) is 0 Å². The van der Waals surface area contributed by atoms with Crippen LogP contribution in [0.3, 0.4) is 0 Å². The Morgan fingerprint density at radius 2 is 1.55 bits per heavy atom. The molecule has 0 aromatic rings. The highest BCUT2D eigenvalue weighted by atomic mass is 16.5. The van der Waals surface area contributed by atoms with Crippen molar-refractivity contribution in [1.82, 2.24) is 5.32 Å². The van der Waals surface area contributed by atoms with Gasteiger partial charge in [0.1, 0.15) is 6.10 Å². The molecular weight excluding hydrogens is 642 g/mol. The number of rotatable bonds is 9. The molecule has 0 aromatic heterocycles. The quantitative estimate of drug-likeness (QED) is 0.180. The molecule has 0 aromatic carbocycles. The Kier molecular flexibility index (Phi) is 10.1. The van der Waals surface area contributed by atoms with Gasteiger partial charge in [0.15, 0.2) is 5.78 Å². The van der Waals surface area contributed by atoms with Crippen molar-refractivity contribution in [3.05, 3.63) is 11.1 Å². The van der Waals surface area contributed by atoms with Crippen LogP contribution in [0, 0.1) is 56.2 Å². The molecule has 4 N–H and O–H groups in total. The van der Waals surface area contributed by atoms with Crippen molar-refractivity contribution >= 4 is 17.7 Å². The van der Waals surface area contributed by atoms with Crippen LogP contribution >= 0.6 is 0 Å². The molecule has 0 bridgehead atoms. The Balaban J connectivity index is 1.26. The van der Waals surface area contributed by atoms with Crippen molar-refractivity contribution in [1.29, 1.82) is 0 Å². The fourth-order valence-corrected chi connectivity index (χ4v) is 13.7.